The van der Waals surface area contributed by atoms with Crippen LogP contribution in [0, 0.1) is 0 Å². The second-order valence-electron chi connectivity index (χ2n) is 6.03. The average molecular weight is 363 g/mol. The van der Waals surface area contributed by atoms with Gasteiger partial charge in [-0.05, 0) is 37.3 Å². The Labute approximate surface area is 155 Å². The minimum Gasteiger partial charge on any atom is -0.479 e. The van der Waals surface area contributed by atoms with E-state index >= 15 is 0 Å². The first kappa shape index (κ1) is 16.8. The summed E-state index contributed by atoms with van der Waals surface area (Å²) in [6, 6.07) is 12.4. The van der Waals surface area contributed by atoms with E-state index in [0.717, 1.165) is 0 Å². The molecule has 2 aromatic heterocycles. The zero-order chi connectivity index (χ0) is 18.8. The fourth-order valence-electron chi connectivity index (χ4n) is 2.93. The molecule has 0 aliphatic carbocycles. The SMILES string of the molecule is CC1Oc2ccccc2N(CC(=O)Nc2cccnc2-n2cccn2)C1=O. The van der Waals surface area contributed by atoms with Crippen molar-refractivity contribution in [3.8, 4) is 11.6 Å². The highest BCUT2D eigenvalue weighted by Gasteiger charge is 2.32. The number of pyridine rings is 1. The third kappa shape index (κ3) is 3.24. The molecule has 27 heavy (non-hydrogen) atoms. The maximum atomic E-state index is 12.7. The molecule has 0 radical (unpaired) electrons. The Kier molecular flexibility index (Phi) is 4.29. The molecule has 1 unspecified atom stereocenters. The summed E-state index contributed by atoms with van der Waals surface area (Å²) in [6.07, 6.45) is 4.34. The number of carbonyl (C=O) groups excluding carboxylic acids is 2. The lowest BCUT2D eigenvalue weighted by Crippen LogP contribution is -2.47. The van der Waals surface area contributed by atoms with Gasteiger partial charge in [0.25, 0.3) is 5.91 Å². The van der Waals surface area contributed by atoms with E-state index in [1.54, 1.807) is 66.6 Å². The number of carbonyl (C=O) groups is 2. The molecule has 1 atom stereocenters. The van der Waals surface area contributed by atoms with Gasteiger partial charge in [0, 0.05) is 18.6 Å². The van der Waals surface area contributed by atoms with E-state index in [1.165, 1.54) is 4.90 Å². The molecule has 3 aromatic rings. The molecule has 1 aliphatic rings. The van der Waals surface area contributed by atoms with Gasteiger partial charge in [0.05, 0.1) is 11.4 Å². The van der Waals surface area contributed by atoms with Crippen molar-refractivity contribution in [2.45, 2.75) is 13.0 Å². The third-order valence-electron chi connectivity index (χ3n) is 4.16. The van der Waals surface area contributed by atoms with E-state index in [2.05, 4.69) is 15.4 Å². The fraction of sp³-hybridized carbons (Fsp3) is 0.158. The number of nitrogens with one attached hydrogen (secondary N) is 1. The molecule has 1 aromatic carbocycles. The van der Waals surface area contributed by atoms with Crippen LogP contribution in [0.2, 0.25) is 0 Å². The quantitative estimate of drug-likeness (QED) is 0.766. The maximum Gasteiger partial charge on any atom is 0.268 e. The lowest BCUT2D eigenvalue weighted by atomic mass is 10.2. The second-order valence-corrected chi connectivity index (χ2v) is 6.03. The van der Waals surface area contributed by atoms with Crippen LogP contribution in [0.15, 0.2) is 61.1 Å². The molecule has 0 saturated heterocycles. The molecule has 1 N–H and O–H groups in total. The standard InChI is InChI=1S/C19H17N5O3/c1-13-19(26)23(15-7-2-3-8-16(15)27-13)12-17(25)22-14-6-4-9-20-18(14)24-11-5-10-21-24/h2-11,13H,12H2,1H3,(H,22,25). The van der Waals surface area contributed by atoms with Crippen LogP contribution in [-0.4, -0.2) is 39.2 Å². The summed E-state index contributed by atoms with van der Waals surface area (Å²) in [6.45, 7) is 1.54. The normalized spacial score (nSPS) is 15.8. The molecule has 0 fully saturated rings. The van der Waals surface area contributed by atoms with Crippen molar-refractivity contribution in [3.05, 3.63) is 61.1 Å². The van der Waals surface area contributed by atoms with Gasteiger partial charge >= 0.3 is 0 Å². The first-order valence-corrected chi connectivity index (χ1v) is 8.45. The number of aromatic nitrogens is 3. The number of para-hydroxylation sites is 2. The van der Waals surface area contributed by atoms with Gasteiger partial charge in [0.15, 0.2) is 11.9 Å². The molecular weight excluding hydrogens is 346 g/mol. The zero-order valence-corrected chi connectivity index (χ0v) is 14.6. The molecule has 0 saturated carbocycles. The van der Waals surface area contributed by atoms with E-state index in [9.17, 15) is 9.59 Å². The van der Waals surface area contributed by atoms with Gasteiger partial charge in [0.1, 0.15) is 12.3 Å². The van der Waals surface area contributed by atoms with Gasteiger partial charge in [-0.25, -0.2) is 9.67 Å². The first-order chi connectivity index (χ1) is 13.1. The van der Waals surface area contributed by atoms with E-state index < -0.39 is 6.10 Å². The lowest BCUT2D eigenvalue weighted by Gasteiger charge is -2.32. The zero-order valence-electron chi connectivity index (χ0n) is 14.6. The maximum absolute atomic E-state index is 12.7. The third-order valence-corrected chi connectivity index (χ3v) is 4.16. The average Bonchev–Trinajstić information content (AvgIpc) is 3.20. The van der Waals surface area contributed by atoms with Crippen molar-refractivity contribution in [2.24, 2.45) is 0 Å². The summed E-state index contributed by atoms with van der Waals surface area (Å²) in [7, 11) is 0. The van der Waals surface area contributed by atoms with Gasteiger partial charge in [-0.2, -0.15) is 5.10 Å². The van der Waals surface area contributed by atoms with Crippen molar-refractivity contribution in [1.82, 2.24) is 14.8 Å². The first-order valence-electron chi connectivity index (χ1n) is 8.45. The van der Waals surface area contributed by atoms with Gasteiger partial charge in [-0.3, -0.25) is 14.5 Å². The Bertz CT molecular complexity index is 987. The number of amides is 2. The van der Waals surface area contributed by atoms with Crippen LogP contribution < -0.4 is 15.0 Å². The molecule has 2 amide bonds. The second kappa shape index (κ2) is 6.91. The number of benzene rings is 1. The topological polar surface area (TPSA) is 89.3 Å². The monoisotopic (exact) mass is 363 g/mol. The number of fused-ring (bicyclic) bond motifs is 1. The Morgan fingerprint density at radius 3 is 2.85 bits per heavy atom. The Morgan fingerprint density at radius 2 is 2.04 bits per heavy atom. The van der Waals surface area contributed by atoms with Crippen LogP contribution in [0.4, 0.5) is 11.4 Å². The van der Waals surface area contributed by atoms with Crippen molar-refractivity contribution in [1.29, 1.82) is 0 Å². The molecule has 0 spiro atoms. The number of anilines is 2. The summed E-state index contributed by atoms with van der Waals surface area (Å²) < 4.78 is 7.16. The summed E-state index contributed by atoms with van der Waals surface area (Å²) in [4.78, 5) is 30.9. The number of ether oxygens (including phenoxy) is 1. The van der Waals surface area contributed by atoms with Gasteiger partial charge in [-0.1, -0.05) is 12.1 Å². The Morgan fingerprint density at radius 1 is 1.19 bits per heavy atom. The van der Waals surface area contributed by atoms with E-state index in [1.807, 2.05) is 6.07 Å². The fourth-order valence-corrected chi connectivity index (χ4v) is 2.93. The number of nitrogens with zero attached hydrogens (tertiary/aromatic N) is 4. The van der Waals surface area contributed by atoms with E-state index in [-0.39, 0.29) is 18.4 Å². The number of hydrogen-bond acceptors (Lipinski definition) is 5. The minimum atomic E-state index is -0.647. The van der Waals surface area contributed by atoms with E-state index in [0.29, 0.717) is 22.9 Å². The van der Waals surface area contributed by atoms with Gasteiger partial charge in [0.2, 0.25) is 5.91 Å². The van der Waals surface area contributed by atoms with Crippen LogP contribution in [0.5, 0.6) is 5.75 Å². The number of rotatable bonds is 4. The highest BCUT2D eigenvalue weighted by molar-refractivity contribution is 6.06. The van der Waals surface area contributed by atoms with Gasteiger partial charge in [-0.15, -0.1) is 0 Å². The highest BCUT2D eigenvalue weighted by atomic mass is 16.5. The predicted molar refractivity (Wildman–Crippen MR) is 98.9 cm³/mol. The van der Waals surface area contributed by atoms with Crippen molar-refractivity contribution in [2.75, 3.05) is 16.8 Å². The summed E-state index contributed by atoms with van der Waals surface area (Å²) in [5.74, 6) is 0.477. The Balaban J connectivity index is 1.57. The molecular formula is C19H17N5O3. The lowest BCUT2D eigenvalue weighted by molar-refractivity contribution is -0.127. The van der Waals surface area contributed by atoms with Crippen LogP contribution >= 0.6 is 0 Å². The minimum absolute atomic E-state index is 0.128. The van der Waals surface area contributed by atoms with Crippen LogP contribution in [0.3, 0.4) is 0 Å². The van der Waals surface area contributed by atoms with Crippen LogP contribution in [0.1, 0.15) is 6.92 Å². The highest BCUT2D eigenvalue weighted by Crippen LogP contribution is 2.33. The van der Waals surface area contributed by atoms with Gasteiger partial charge < -0.3 is 10.1 Å². The molecule has 136 valence electrons. The summed E-state index contributed by atoms with van der Waals surface area (Å²) in [5, 5.41) is 6.96. The van der Waals surface area contributed by atoms with Crippen molar-refractivity contribution >= 4 is 23.2 Å². The summed E-state index contributed by atoms with van der Waals surface area (Å²) in [5.41, 5.74) is 1.09. The Hall–Kier alpha value is -3.68. The van der Waals surface area contributed by atoms with Crippen molar-refractivity contribution in [3.63, 3.8) is 0 Å². The number of hydrogen-bond donors (Lipinski definition) is 1. The largest absolute Gasteiger partial charge is 0.479 e. The molecule has 8 heteroatoms. The molecule has 1 aliphatic heterocycles. The molecule has 3 heterocycles. The smallest absolute Gasteiger partial charge is 0.268 e. The van der Waals surface area contributed by atoms with Crippen molar-refractivity contribution < 1.29 is 14.3 Å². The molecule has 8 nitrogen and oxygen atoms in total. The van der Waals surface area contributed by atoms with E-state index in [4.69, 9.17) is 4.74 Å². The van der Waals surface area contributed by atoms with Crippen LogP contribution in [0.25, 0.3) is 5.82 Å². The molecule has 0 bridgehead atoms. The predicted octanol–water partition coefficient (Wildman–Crippen LogP) is 2.02. The summed E-state index contributed by atoms with van der Waals surface area (Å²) >= 11 is 0. The van der Waals surface area contributed by atoms with Crippen LogP contribution in [-0.2, 0) is 9.59 Å². The molecule has 4 rings (SSSR count).